The normalized spacial score (nSPS) is 29.9. The molecule has 3 aliphatic heterocycles. The number of aliphatic hydroxyl groups excluding tert-OH is 1. The minimum Gasteiger partial charge on any atom is -0.461 e. The van der Waals surface area contributed by atoms with Crippen LogP contribution in [0.1, 0.15) is 39.5 Å². The first kappa shape index (κ1) is 29.0. The Bertz CT molecular complexity index is 1360. The van der Waals surface area contributed by atoms with Crippen molar-refractivity contribution in [2.45, 2.75) is 56.8 Å². The van der Waals surface area contributed by atoms with Crippen LogP contribution in [-0.4, -0.2) is 71.3 Å². The van der Waals surface area contributed by atoms with E-state index in [2.05, 4.69) is 13.2 Å². The molecular weight excluding hydrogens is 520 g/mol. The van der Waals surface area contributed by atoms with Crippen molar-refractivity contribution < 1.29 is 29.0 Å². The third-order valence-corrected chi connectivity index (χ3v) is 9.33. The van der Waals surface area contributed by atoms with Crippen LogP contribution in [0, 0.1) is 17.8 Å². The van der Waals surface area contributed by atoms with Gasteiger partial charge < -0.3 is 24.4 Å². The van der Waals surface area contributed by atoms with E-state index in [0.29, 0.717) is 37.9 Å². The van der Waals surface area contributed by atoms with Gasteiger partial charge in [-0.2, -0.15) is 0 Å². The molecule has 3 fully saturated rings. The van der Waals surface area contributed by atoms with Gasteiger partial charge in [-0.25, -0.2) is 0 Å². The van der Waals surface area contributed by atoms with E-state index in [1.54, 1.807) is 15.9 Å². The molecule has 2 aromatic rings. The Morgan fingerprint density at radius 2 is 1.90 bits per heavy atom. The predicted octanol–water partition coefficient (Wildman–Crippen LogP) is 4.26. The van der Waals surface area contributed by atoms with Crippen LogP contribution in [0.5, 0.6) is 0 Å². The van der Waals surface area contributed by atoms with Gasteiger partial charge >= 0.3 is 5.97 Å². The zero-order chi connectivity index (χ0) is 29.4. The molecule has 5 rings (SSSR count). The van der Waals surface area contributed by atoms with Crippen molar-refractivity contribution in [1.82, 2.24) is 4.90 Å². The van der Waals surface area contributed by atoms with Crippen LogP contribution in [0.2, 0.25) is 0 Å². The van der Waals surface area contributed by atoms with Crippen LogP contribution in [0.4, 0.5) is 5.69 Å². The summed E-state index contributed by atoms with van der Waals surface area (Å²) in [6.07, 6.45) is 5.59. The van der Waals surface area contributed by atoms with Gasteiger partial charge in [-0.05, 0) is 61.4 Å². The standard InChI is InChI=1S/C33H40N2O6/c1-5-16-34(25-15-14-23-12-8-9-13-24(23)20-25)30(38)28-33-21-22(3)32(4,41-33)27(31(39)40-19-6-2)26(33)29(37)35(28)17-10-7-11-18-36/h5-6,8-9,12-15,20,22,26-28,36H,1-2,7,10-11,16-19,21H2,3-4H3/t22?,26-,27-,28?,32+,33?/m0/s1. The molecule has 0 radical (unpaired) electrons. The number of likely N-dealkylation sites (tertiary alicyclic amines) is 1. The lowest BCUT2D eigenvalue weighted by Gasteiger charge is -2.37. The zero-order valence-corrected chi connectivity index (χ0v) is 24.0. The molecule has 0 saturated carbocycles. The van der Waals surface area contributed by atoms with Gasteiger partial charge in [-0.1, -0.05) is 56.0 Å². The molecule has 0 aromatic heterocycles. The fraction of sp³-hybridized carbons (Fsp3) is 0.485. The van der Waals surface area contributed by atoms with Gasteiger partial charge in [-0.15, -0.1) is 6.58 Å². The van der Waals surface area contributed by atoms with Gasteiger partial charge in [0.2, 0.25) is 5.91 Å². The largest absolute Gasteiger partial charge is 0.461 e. The molecule has 1 N–H and O–H groups in total. The molecule has 2 aromatic carbocycles. The highest BCUT2D eigenvalue weighted by Gasteiger charge is 2.80. The monoisotopic (exact) mass is 560 g/mol. The first-order chi connectivity index (χ1) is 19.7. The van der Waals surface area contributed by atoms with Gasteiger partial charge in [0.05, 0.1) is 11.5 Å². The number of ether oxygens (including phenoxy) is 2. The average molecular weight is 561 g/mol. The highest BCUT2D eigenvalue weighted by Crippen LogP contribution is 2.65. The van der Waals surface area contributed by atoms with E-state index >= 15 is 0 Å². The number of rotatable bonds is 12. The Labute approximate surface area is 241 Å². The summed E-state index contributed by atoms with van der Waals surface area (Å²) in [7, 11) is 0. The van der Waals surface area contributed by atoms with Crippen molar-refractivity contribution in [1.29, 1.82) is 0 Å². The summed E-state index contributed by atoms with van der Waals surface area (Å²) in [5.74, 6) is -2.73. The molecule has 8 nitrogen and oxygen atoms in total. The van der Waals surface area contributed by atoms with E-state index in [4.69, 9.17) is 9.47 Å². The maximum atomic E-state index is 14.7. The lowest BCUT2D eigenvalue weighted by Crippen LogP contribution is -2.57. The van der Waals surface area contributed by atoms with Crippen LogP contribution in [0.15, 0.2) is 67.8 Å². The number of anilines is 1. The molecular formula is C33H40N2O6. The van der Waals surface area contributed by atoms with E-state index < -0.39 is 35.0 Å². The number of carbonyl (C=O) groups is 3. The number of benzene rings is 2. The van der Waals surface area contributed by atoms with Crippen molar-refractivity contribution in [3.8, 4) is 0 Å². The maximum Gasteiger partial charge on any atom is 0.313 e. The molecule has 0 aliphatic carbocycles. The number of fused-ring (bicyclic) bond motifs is 2. The molecule has 8 heteroatoms. The third-order valence-electron chi connectivity index (χ3n) is 9.33. The van der Waals surface area contributed by atoms with E-state index in [9.17, 15) is 19.5 Å². The van der Waals surface area contributed by atoms with Crippen molar-refractivity contribution in [3.63, 3.8) is 0 Å². The summed E-state index contributed by atoms with van der Waals surface area (Å²) >= 11 is 0. The van der Waals surface area contributed by atoms with Crippen LogP contribution in [0.25, 0.3) is 10.8 Å². The molecule has 2 bridgehead atoms. The Morgan fingerprint density at radius 1 is 1.15 bits per heavy atom. The predicted molar refractivity (Wildman–Crippen MR) is 157 cm³/mol. The first-order valence-corrected chi connectivity index (χ1v) is 14.5. The molecule has 1 spiro atoms. The number of esters is 1. The number of nitrogens with zero attached hydrogens (tertiary/aromatic N) is 2. The van der Waals surface area contributed by atoms with E-state index in [1.165, 1.54) is 6.08 Å². The number of hydrogen-bond donors (Lipinski definition) is 1. The molecule has 3 heterocycles. The van der Waals surface area contributed by atoms with Crippen molar-refractivity contribution in [2.75, 3.05) is 31.2 Å². The fourth-order valence-corrected chi connectivity index (χ4v) is 7.36. The van der Waals surface area contributed by atoms with E-state index in [0.717, 1.165) is 10.8 Å². The SMILES string of the molecule is C=CCOC(=O)[C@@H]1[C@H]2C(=O)N(CCCCCO)C(C(=O)N(CC=C)c3ccc4ccccc4c3)C23CC(C)[C@@]1(C)O3. The van der Waals surface area contributed by atoms with Gasteiger partial charge in [-0.3, -0.25) is 14.4 Å². The summed E-state index contributed by atoms with van der Waals surface area (Å²) in [6.45, 7) is 12.1. The highest BCUT2D eigenvalue weighted by molar-refractivity contribution is 6.05. The Hall–Kier alpha value is -3.49. The molecule has 3 saturated heterocycles. The van der Waals surface area contributed by atoms with Crippen molar-refractivity contribution >= 4 is 34.2 Å². The quantitative estimate of drug-likeness (QED) is 0.237. The summed E-state index contributed by atoms with van der Waals surface area (Å²) in [4.78, 5) is 45.7. The third kappa shape index (κ3) is 4.67. The van der Waals surface area contributed by atoms with Crippen LogP contribution in [-0.2, 0) is 23.9 Å². The maximum absolute atomic E-state index is 14.7. The summed E-state index contributed by atoms with van der Waals surface area (Å²) in [5.41, 5.74) is -1.39. The lowest BCUT2D eigenvalue weighted by atomic mass is 9.62. The Kier molecular flexibility index (Phi) is 8.08. The number of amides is 2. The topological polar surface area (TPSA) is 96.4 Å². The lowest BCUT2D eigenvalue weighted by molar-refractivity contribution is -0.160. The summed E-state index contributed by atoms with van der Waals surface area (Å²) in [6, 6.07) is 12.9. The molecule has 3 unspecified atom stereocenters. The molecule has 6 atom stereocenters. The zero-order valence-electron chi connectivity index (χ0n) is 24.0. The smallest absolute Gasteiger partial charge is 0.313 e. The van der Waals surface area contributed by atoms with Gasteiger partial charge in [0.25, 0.3) is 5.91 Å². The summed E-state index contributed by atoms with van der Waals surface area (Å²) in [5, 5.41) is 11.3. The number of carbonyl (C=O) groups excluding carboxylic acids is 3. The van der Waals surface area contributed by atoms with Crippen LogP contribution >= 0.6 is 0 Å². The number of hydrogen-bond acceptors (Lipinski definition) is 6. The number of unbranched alkanes of at least 4 members (excludes halogenated alkanes) is 2. The average Bonchev–Trinajstić information content (AvgIpc) is 3.48. The van der Waals surface area contributed by atoms with Crippen LogP contribution in [0.3, 0.4) is 0 Å². The first-order valence-electron chi connectivity index (χ1n) is 14.5. The Balaban J connectivity index is 1.58. The molecule has 2 amide bonds. The van der Waals surface area contributed by atoms with E-state index in [1.807, 2.05) is 56.3 Å². The van der Waals surface area contributed by atoms with Gasteiger partial charge in [0.15, 0.2) is 0 Å². The Morgan fingerprint density at radius 3 is 2.61 bits per heavy atom. The van der Waals surface area contributed by atoms with Crippen molar-refractivity contribution in [3.05, 3.63) is 67.8 Å². The second-order valence-corrected chi connectivity index (χ2v) is 11.7. The number of aliphatic hydroxyl groups is 1. The van der Waals surface area contributed by atoms with E-state index in [-0.39, 0.29) is 37.5 Å². The summed E-state index contributed by atoms with van der Waals surface area (Å²) < 4.78 is 12.3. The second kappa shape index (κ2) is 11.4. The molecule has 3 aliphatic rings. The fourth-order valence-electron chi connectivity index (χ4n) is 7.36. The minimum atomic E-state index is -1.16. The van der Waals surface area contributed by atoms with Crippen molar-refractivity contribution in [2.24, 2.45) is 17.8 Å². The highest BCUT2D eigenvalue weighted by atomic mass is 16.6. The van der Waals surface area contributed by atoms with Gasteiger partial charge in [0, 0.05) is 25.4 Å². The molecule has 218 valence electrons. The minimum absolute atomic E-state index is 0.0377. The second-order valence-electron chi connectivity index (χ2n) is 11.7. The molecule has 41 heavy (non-hydrogen) atoms. The van der Waals surface area contributed by atoms with Gasteiger partial charge in [0.1, 0.15) is 24.2 Å². The van der Waals surface area contributed by atoms with Crippen LogP contribution < -0.4 is 4.90 Å².